The molecule has 1 aromatic heterocycles. The summed E-state index contributed by atoms with van der Waals surface area (Å²) in [5.74, 6) is -0.839. The van der Waals surface area contributed by atoms with Gasteiger partial charge >= 0.3 is 0 Å². The quantitative estimate of drug-likeness (QED) is 0.609. The Morgan fingerprint density at radius 3 is 2.55 bits per heavy atom. The normalized spacial score (nSPS) is 14.7. The lowest BCUT2D eigenvalue weighted by Gasteiger charge is -2.31. The van der Waals surface area contributed by atoms with E-state index in [1.54, 1.807) is 29.2 Å². The molecule has 31 heavy (non-hydrogen) atoms. The fourth-order valence-corrected chi connectivity index (χ4v) is 4.30. The number of carbonyl (C=O) groups excluding carboxylic acids is 2. The molecule has 0 saturated carbocycles. The summed E-state index contributed by atoms with van der Waals surface area (Å²) in [5.41, 5.74) is 5.70. The summed E-state index contributed by atoms with van der Waals surface area (Å²) in [5, 5.41) is 0.300. The second-order valence-corrected chi connectivity index (χ2v) is 8.08. The Labute approximate surface area is 182 Å². The Bertz CT molecular complexity index is 1290. The molecule has 1 fully saturated rings. The van der Waals surface area contributed by atoms with Crippen LogP contribution in [0.3, 0.4) is 0 Å². The van der Waals surface area contributed by atoms with Crippen LogP contribution >= 0.6 is 12.2 Å². The Kier molecular flexibility index (Phi) is 5.69. The number of amides is 2. The van der Waals surface area contributed by atoms with Gasteiger partial charge in [-0.05, 0) is 61.3 Å². The minimum atomic E-state index is -0.560. The fourth-order valence-electron chi connectivity index (χ4n) is 4.01. The van der Waals surface area contributed by atoms with E-state index in [4.69, 9.17) is 18.0 Å². The van der Waals surface area contributed by atoms with Gasteiger partial charge in [-0.3, -0.25) is 14.4 Å². The van der Waals surface area contributed by atoms with Gasteiger partial charge < -0.3 is 15.6 Å². The van der Waals surface area contributed by atoms with Crippen molar-refractivity contribution >= 4 is 34.9 Å². The summed E-state index contributed by atoms with van der Waals surface area (Å²) >= 11 is 5.30. The smallest absolute Gasteiger partial charge is 0.266 e. The van der Waals surface area contributed by atoms with Crippen molar-refractivity contribution < 1.29 is 14.0 Å². The molecule has 0 aliphatic carbocycles. The lowest BCUT2D eigenvalue weighted by Crippen LogP contribution is -2.39. The van der Waals surface area contributed by atoms with Crippen LogP contribution in [-0.4, -0.2) is 39.4 Å². The first kappa shape index (κ1) is 20.9. The van der Waals surface area contributed by atoms with Gasteiger partial charge in [-0.2, -0.15) is 0 Å². The number of rotatable bonds is 4. The van der Waals surface area contributed by atoms with Crippen molar-refractivity contribution in [3.63, 3.8) is 0 Å². The van der Waals surface area contributed by atoms with E-state index in [1.807, 2.05) is 0 Å². The number of para-hydroxylation sites is 1. The summed E-state index contributed by atoms with van der Waals surface area (Å²) in [7, 11) is 0. The van der Waals surface area contributed by atoms with Crippen LogP contribution in [0.5, 0.6) is 0 Å². The van der Waals surface area contributed by atoms with Crippen LogP contribution < -0.4 is 11.3 Å². The maximum atomic E-state index is 14.2. The van der Waals surface area contributed by atoms with Gasteiger partial charge in [0, 0.05) is 25.1 Å². The molecular formula is C22H21FN4O3S. The number of fused-ring (bicyclic) bond motifs is 1. The largest absolute Gasteiger partial charge is 0.370 e. The van der Waals surface area contributed by atoms with Crippen molar-refractivity contribution in [2.45, 2.75) is 19.3 Å². The van der Waals surface area contributed by atoms with Crippen LogP contribution in [0.2, 0.25) is 0 Å². The lowest BCUT2D eigenvalue weighted by molar-refractivity contribution is -0.119. The standard InChI is InChI=1S/C22H21FN4O3S/c23-16-3-1-2-4-18(16)27-21(30)15-6-5-14(12-17(15)25-22(27)31)20(29)26-9-7-13(8-10-26)11-19(24)28/h1-6,12-13H,7-11H2,(H2,24,28)(H,25,31). The molecule has 3 N–H and O–H groups in total. The number of benzene rings is 2. The SMILES string of the molecule is NC(=O)CC1CCN(C(=O)c2ccc3c(=O)n(-c4ccccc4F)c(=S)[nH]c3c2)CC1. The number of nitrogens with zero attached hydrogens (tertiary/aromatic N) is 2. The highest BCUT2D eigenvalue weighted by Crippen LogP contribution is 2.22. The number of hydrogen-bond acceptors (Lipinski definition) is 4. The van der Waals surface area contributed by atoms with Gasteiger partial charge in [0.2, 0.25) is 5.91 Å². The van der Waals surface area contributed by atoms with E-state index in [9.17, 15) is 18.8 Å². The molecule has 1 saturated heterocycles. The van der Waals surface area contributed by atoms with E-state index < -0.39 is 11.4 Å². The highest BCUT2D eigenvalue weighted by atomic mass is 32.1. The van der Waals surface area contributed by atoms with Gasteiger partial charge in [0.05, 0.1) is 16.6 Å². The van der Waals surface area contributed by atoms with E-state index in [1.165, 1.54) is 18.2 Å². The zero-order valence-electron chi connectivity index (χ0n) is 16.6. The monoisotopic (exact) mass is 440 g/mol. The molecule has 3 aromatic rings. The topological polar surface area (TPSA) is 101 Å². The zero-order valence-corrected chi connectivity index (χ0v) is 17.5. The van der Waals surface area contributed by atoms with Crippen LogP contribution in [-0.2, 0) is 4.79 Å². The minimum absolute atomic E-state index is 0.0412. The molecule has 1 aliphatic heterocycles. The summed E-state index contributed by atoms with van der Waals surface area (Å²) in [6, 6.07) is 10.6. The average Bonchev–Trinajstić information content (AvgIpc) is 2.74. The predicted molar refractivity (Wildman–Crippen MR) is 117 cm³/mol. The van der Waals surface area contributed by atoms with Crippen molar-refractivity contribution in [2.75, 3.05) is 13.1 Å². The van der Waals surface area contributed by atoms with Crippen molar-refractivity contribution in [1.82, 2.24) is 14.5 Å². The van der Waals surface area contributed by atoms with Gasteiger partial charge in [0.25, 0.3) is 11.5 Å². The molecule has 2 heterocycles. The van der Waals surface area contributed by atoms with Crippen LogP contribution in [0.15, 0.2) is 47.3 Å². The first-order valence-electron chi connectivity index (χ1n) is 9.96. The third-order valence-corrected chi connectivity index (χ3v) is 5.91. The third kappa shape index (κ3) is 4.13. The maximum Gasteiger partial charge on any atom is 0.266 e. The summed E-state index contributed by atoms with van der Waals surface area (Å²) in [6.07, 6.45) is 1.78. The molecule has 0 radical (unpaired) electrons. The van der Waals surface area contributed by atoms with E-state index in [0.717, 1.165) is 17.4 Å². The molecule has 0 unspecified atom stereocenters. The number of likely N-dealkylation sites (tertiary alicyclic amines) is 1. The molecule has 0 atom stereocenters. The van der Waals surface area contributed by atoms with E-state index in [2.05, 4.69) is 4.98 Å². The second-order valence-electron chi connectivity index (χ2n) is 7.69. The number of hydrogen-bond donors (Lipinski definition) is 2. The molecule has 7 nitrogen and oxygen atoms in total. The van der Waals surface area contributed by atoms with Crippen molar-refractivity contribution in [3.8, 4) is 5.69 Å². The van der Waals surface area contributed by atoms with Crippen LogP contribution in [0.4, 0.5) is 4.39 Å². The molecule has 0 bridgehead atoms. The second kappa shape index (κ2) is 8.43. The number of aromatic amines is 1. The fraction of sp³-hybridized carbons (Fsp3) is 0.273. The Morgan fingerprint density at radius 1 is 1.16 bits per heavy atom. The Hall–Kier alpha value is -3.33. The average molecular weight is 441 g/mol. The molecule has 2 aromatic carbocycles. The number of halogens is 1. The number of nitrogens with one attached hydrogen (secondary N) is 1. The van der Waals surface area contributed by atoms with Crippen molar-refractivity contribution in [2.24, 2.45) is 11.7 Å². The number of aromatic nitrogens is 2. The highest BCUT2D eigenvalue weighted by Gasteiger charge is 2.25. The summed E-state index contributed by atoms with van der Waals surface area (Å²) < 4.78 is 15.4. The van der Waals surface area contributed by atoms with Gasteiger partial charge in [0.15, 0.2) is 4.77 Å². The molecule has 160 valence electrons. The van der Waals surface area contributed by atoms with Gasteiger partial charge in [-0.1, -0.05) is 12.1 Å². The molecular weight excluding hydrogens is 419 g/mol. The number of primary amides is 1. The number of carbonyl (C=O) groups is 2. The Morgan fingerprint density at radius 2 is 1.87 bits per heavy atom. The number of nitrogens with two attached hydrogens (primary N) is 1. The van der Waals surface area contributed by atoms with E-state index >= 15 is 0 Å². The zero-order chi connectivity index (χ0) is 22.1. The molecule has 2 amide bonds. The molecule has 4 rings (SSSR count). The van der Waals surface area contributed by atoms with Crippen LogP contribution in [0.1, 0.15) is 29.6 Å². The van der Waals surface area contributed by atoms with E-state index in [0.29, 0.717) is 36.0 Å². The van der Waals surface area contributed by atoms with E-state index in [-0.39, 0.29) is 28.2 Å². The lowest BCUT2D eigenvalue weighted by atomic mass is 9.93. The Balaban J connectivity index is 1.64. The van der Waals surface area contributed by atoms with Gasteiger partial charge in [0.1, 0.15) is 5.82 Å². The predicted octanol–water partition coefficient (Wildman–Crippen LogP) is 2.91. The summed E-state index contributed by atoms with van der Waals surface area (Å²) in [4.78, 5) is 41.7. The summed E-state index contributed by atoms with van der Waals surface area (Å²) in [6.45, 7) is 1.08. The van der Waals surface area contributed by atoms with Crippen LogP contribution in [0.25, 0.3) is 16.6 Å². The van der Waals surface area contributed by atoms with Gasteiger partial charge in [-0.25, -0.2) is 8.96 Å². The minimum Gasteiger partial charge on any atom is -0.370 e. The van der Waals surface area contributed by atoms with Crippen molar-refractivity contribution in [1.29, 1.82) is 0 Å². The third-order valence-electron chi connectivity index (χ3n) is 5.63. The maximum absolute atomic E-state index is 14.2. The molecule has 9 heteroatoms. The number of H-pyrrole nitrogens is 1. The molecule has 0 spiro atoms. The van der Waals surface area contributed by atoms with Crippen molar-refractivity contribution in [3.05, 3.63) is 69.0 Å². The number of piperidine rings is 1. The van der Waals surface area contributed by atoms with Crippen LogP contribution in [0, 0.1) is 16.5 Å². The van der Waals surface area contributed by atoms with Gasteiger partial charge in [-0.15, -0.1) is 0 Å². The molecule has 1 aliphatic rings. The first-order chi connectivity index (χ1) is 14.8. The highest BCUT2D eigenvalue weighted by molar-refractivity contribution is 7.71. The first-order valence-corrected chi connectivity index (χ1v) is 10.4.